The van der Waals surface area contributed by atoms with E-state index in [9.17, 15) is 5.11 Å². The number of benzene rings is 1. The summed E-state index contributed by atoms with van der Waals surface area (Å²) in [6.45, 7) is 3.20. The summed E-state index contributed by atoms with van der Waals surface area (Å²) >= 11 is 2.16. The first-order chi connectivity index (χ1) is 9.78. The monoisotopic (exact) mass is 293 g/mol. The van der Waals surface area contributed by atoms with Crippen LogP contribution in [0.5, 0.6) is 5.75 Å². The van der Waals surface area contributed by atoms with E-state index in [1.165, 1.54) is 43.4 Å². The SMILES string of the molecule is CCNC(CSC1CCCCC1)Cc1ccc(O)cc1. The molecule has 1 saturated carbocycles. The molecule has 1 aromatic rings. The molecular formula is C17H27NOS. The molecule has 1 unspecified atom stereocenters. The van der Waals surface area contributed by atoms with E-state index >= 15 is 0 Å². The lowest BCUT2D eigenvalue weighted by Crippen LogP contribution is -2.34. The molecule has 0 heterocycles. The summed E-state index contributed by atoms with van der Waals surface area (Å²) in [5.41, 5.74) is 1.30. The molecule has 0 radical (unpaired) electrons. The normalized spacial score (nSPS) is 18.1. The smallest absolute Gasteiger partial charge is 0.115 e. The fourth-order valence-electron chi connectivity index (χ4n) is 2.88. The summed E-state index contributed by atoms with van der Waals surface area (Å²) in [4.78, 5) is 0. The third kappa shape index (κ3) is 5.37. The molecule has 0 spiro atoms. The van der Waals surface area contributed by atoms with Crippen LogP contribution in [0.1, 0.15) is 44.6 Å². The van der Waals surface area contributed by atoms with E-state index in [0.717, 1.165) is 18.2 Å². The van der Waals surface area contributed by atoms with Gasteiger partial charge in [0.15, 0.2) is 0 Å². The molecule has 2 rings (SSSR count). The van der Waals surface area contributed by atoms with Crippen LogP contribution >= 0.6 is 11.8 Å². The Balaban J connectivity index is 1.81. The maximum atomic E-state index is 9.35. The molecule has 1 aliphatic carbocycles. The lowest BCUT2D eigenvalue weighted by atomic mass is 10.0. The van der Waals surface area contributed by atoms with E-state index in [1.807, 2.05) is 12.1 Å². The molecular weight excluding hydrogens is 266 g/mol. The largest absolute Gasteiger partial charge is 0.508 e. The van der Waals surface area contributed by atoms with Gasteiger partial charge in [0.25, 0.3) is 0 Å². The first-order valence-electron chi connectivity index (χ1n) is 7.91. The highest BCUT2D eigenvalue weighted by molar-refractivity contribution is 7.99. The summed E-state index contributed by atoms with van der Waals surface area (Å²) in [6, 6.07) is 8.17. The Morgan fingerprint density at radius 1 is 1.20 bits per heavy atom. The first kappa shape index (κ1) is 15.7. The maximum Gasteiger partial charge on any atom is 0.115 e. The van der Waals surface area contributed by atoms with Gasteiger partial charge in [0.1, 0.15) is 5.75 Å². The minimum absolute atomic E-state index is 0.352. The van der Waals surface area contributed by atoms with Gasteiger partial charge < -0.3 is 10.4 Å². The number of hydrogen-bond acceptors (Lipinski definition) is 3. The van der Waals surface area contributed by atoms with Gasteiger partial charge in [0, 0.05) is 17.0 Å². The van der Waals surface area contributed by atoms with Crippen molar-refractivity contribution in [3.8, 4) is 5.75 Å². The third-order valence-corrected chi connectivity index (χ3v) is 5.53. The minimum Gasteiger partial charge on any atom is -0.508 e. The lowest BCUT2D eigenvalue weighted by molar-refractivity contribution is 0.474. The van der Waals surface area contributed by atoms with Crippen LogP contribution in [-0.2, 0) is 6.42 Å². The van der Waals surface area contributed by atoms with Gasteiger partial charge in [-0.05, 0) is 43.5 Å². The minimum atomic E-state index is 0.352. The number of rotatable bonds is 7. The molecule has 1 aliphatic rings. The molecule has 20 heavy (non-hydrogen) atoms. The standard InChI is InChI=1S/C17H27NOS/c1-2-18-15(12-14-8-10-16(19)11-9-14)13-20-17-6-4-3-5-7-17/h8-11,15,17-19H,2-7,12-13H2,1H3. The van der Waals surface area contributed by atoms with E-state index in [-0.39, 0.29) is 0 Å². The number of hydrogen-bond donors (Lipinski definition) is 2. The molecule has 2 N–H and O–H groups in total. The van der Waals surface area contributed by atoms with Crippen molar-refractivity contribution in [3.05, 3.63) is 29.8 Å². The maximum absolute atomic E-state index is 9.35. The molecule has 2 nitrogen and oxygen atoms in total. The van der Waals surface area contributed by atoms with Crippen LogP contribution in [0.4, 0.5) is 0 Å². The second-order valence-corrected chi connectivity index (χ2v) is 7.05. The van der Waals surface area contributed by atoms with E-state index < -0.39 is 0 Å². The van der Waals surface area contributed by atoms with Gasteiger partial charge in [-0.2, -0.15) is 11.8 Å². The zero-order chi connectivity index (χ0) is 14.2. The molecule has 3 heteroatoms. The molecule has 1 atom stereocenters. The van der Waals surface area contributed by atoms with Crippen LogP contribution in [0, 0.1) is 0 Å². The van der Waals surface area contributed by atoms with Crippen molar-refractivity contribution < 1.29 is 5.11 Å². The summed E-state index contributed by atoms with van der Waals surface area (Å²) in [5, 5.41) is 13.8. The van der Waals surface area contributed by atoms with Gasteiger partial charge in [-0.3, -0.25) is 0 Å². The van der Waals surface area contributed by atoms with Gasteiger partial charge >= 0.3 is 0 Å². The van der Waals surface area contributed by atoms with Crippen molar-refractivity contribution in [3.63, 3.8) is 0 Å². The average Bonchev–Trinajstić information content (AvgIpc) is 2.48. The van der Waals surface area contributed by atoms with Crippen molar-refractivity contribution >= 4 is 11.8 Å². The third-order valence-electron chi connectivity index (χ3n) is 4.00. The molecule has 0 bridgehead atoms. The molecule has 0 saturated heterocycles. The van der Waals surface area contributed by atoms with Gasteiger partial charge in [0.2, 0.25) is 0 Å². The predicted molar refractivity (Wildman–Crippen MR) is 88.6 cm³/mol. The Labute approximate surface area is 127 Å². The predicted octanol–water partition coefficient (Wildman–Crippen LogP) is 3.98. The van der Waals surface area contributed by atoms with Crippen LogP contribution in [0.15, 0.2) is 24.3 Å². The first-order valence-corrected chi connectivity index (χ1v) is 8.95. The van der Waals surface area contributed by atoms with Crippen LogP contribution in [0.25, 0.3) is 0 Å². The van der Waals surface area contributed by atoms with Crippen LogP contribution in [0.3, 0.4) is 0 Å². The second kappa shape index (κ2) is 8.58. The van der Waals surface area contributed by atoms with Crippen LogP contribution in [-0.4, -0.2) is 28.7 Å². The Hall–Kier alpha value is -0.670. The molecule has 1 aromatic carbocycles. The number of likely N-dealkylation sites (N-methyl/N-ethyl adjacent to an activating group) is 1. The second-order valence-electron chi connectivity index (χ2n) is 5.72. The zero-order valence-electron chi connectivity index (χ0n) is 12.5. The average molecular weight is 293 g/mol. The van der Waals surface area contributed by atoms with Crippen molar-refractivity contribution in [2.24, 2.45) is 0 Å². The van der Waals surface area contributed by atoms with Gasteiger partial charge in [-0.15, -0.1) is 0 Å². The quantitative estimate of drug-likeness (QED) is 0.797. The summed E-state index contributed by atoms with van der Waals surface area (Å²) in [6.07, 6.45) is 8.13. The topological polar surface area (TPSA) is 32.3 Å². The van der Waals surface area contributed by atoms with Gasteiger partial charge in [-0.25, -0.2) is 0 Å². The Kier molecular flexibility index (Phi) is 6.74. The van der Waals surface area contributed by atoms with E-state index in [2.05, 4.69) is 24.0 Å². The van der Waals surface area contributed by atoms with Crippen LogP contribution < -0.4 is 5.32 Å². The Morgan fingerprint density at radius 2 is 1.90 bits per heavy atom. The number of phenolic OH excluding ortho intramolecular Hbond substituents is 1. The summed E-state index contributed by atoms with van der Waals surface area (Å²) < 4.78 is 0. The Morgan fingerprint density at radius 3 is 2.55 bits per heavy atom. The molecule has 0 aromatic heterocycles. The highest BCUT2D eigenvalue weighted by atomic mass is 32.2. The number of nitrogens with one attached hydrogen (secondary N) is 1. The van der Waals surface area contributed by atoms with Gasteiger partial charge in [-0.1, -0.05) is 38.3 Å². The van der Waals surface area contributed by atoms with E-state index in [0.29, 0.717) is 11.8 Å². The van der Waals surface area contributed by atoms with E-state index in [1.54, 1.807) is 12.1 Å². The fourth-order valence-corrected chi connectivity index (χ4v) is 4.29. The number of thioether (sulfide) groups is 1. The highest BCUT2D eigenvalue weighted by Gasteiger charge is 2.16. The molecule has 1 fully saturated rings. The Bertz CT molecular complexity index is 373. The van der Waals surface area contributed by atoms with Crippen LogP contribution in [0.2, 0.25) is 0 Å². The number of aromatic hydroxyl groups is 1. The summed E-state index contributed by atoms with van der Waals surface area (Å²) in [5.74, 6) is 1.55. The van der Waals surface area contributed by atoms with Crippen molar-refractivity contribution in [2.75, 3.05) is 12.3 Å². The highest BCUT2D eigenvalue weighted by Crippen LogP contribution is 2.29. The van der Waals surface area contributed by atoms with Crippen molar-refractivity contribution in [1.29, 1.82) is 0 Å². The van der Waals surface area contributed by atoms with Gasteiger partial charge in [0.05, 0.1) is 0 Å². The molecule has 0 amide bonds. The van der Waals surface area contributed by atoms with Crippen molar-refractivity contribution in [1.82, 2.24) is 5.32 Å². The molecule has 0 aliphatic heterocycles. The molecule has 112 valence electrons. The van der Waals surface area contributed by atoms with Crippen molar-refractivity contribution in [2.45, 2.75) is 56.7 Å². The zero-order valence-corrected chi connectivity index (χ0v) is 13.3. The van der Waals surface area contributed by atoms with E-state index in [4.69, 9.17) is 0 Å². The fraction of sp³-hybridized carbons (Fsp3) is 0.647. The number of phenols is 1. The lowest BCUT2D eigenvalue weighted by Gasteiger charge is -2.24. The summed E-state index contributed by atoms with van der Waals surface area (Å²) in [7, 11) is 0.